The van der Waals surface area contributed by atoms with Crippen molar-refractivity contribution in [3.63, 3.8) is 0 Å². The number of hydrogen-bond donors (Lipinski definition) is 3. The first kappa shape index (κ1) is 23.5. The van der Waals surface area contributed by atoms with E-state index in [9.17, 15) is 14.7 Å². The molecule has 1 atom stereocenters. The summed E-state index contributed by atoms with van der Waals surface area (Å²) in [6.45, 7) is 3.92. The molecule has 3 N–H and O–H groups in total. The zero-order valence-electron chi connectivity index (χ0n) is 19.8. The highest BCUT2D eigenvalue weighted by atomic mass is 16.4. The summed E-state index contributed by atoms with van der Waals surface area (Å²) in [5, 5.41) is 16.6. The lowest BCUT2D eigenvalue weighted by Crippen LogP contribution is -2.42. The molecule has 3 heterocycles. The predicted octanol–water partition coefficient (Wildman–Crippen LogP) is 3.54. The van der Waals surface area contributed by atoms with Crippen molar-refractivity contribution in [2.45, 2.75) is 39.0 Å². The van der Waals surface area contributed by atoms with Gasteiger partial charge in [0.05, 0.1) is 11.4 Å². The number of fused-ring (bicyclic) bond motifs is 1. The summed E-state index contributed by atoms with van der Waals surface area (Å²) in [5.41, 5.74) is 2.88. The third-order valence-corrected chi connectivity index (χ3v) is 6.25. The fourth-order valence-electron chi connectivity index (χ4n) is 4.33. The van der Waals surface area contributed by atoms with Crippen LogP contribution in [0.1, 0.15) is 38.2 Å². The van der Waals surface area contributed by atoms with Crippen LogP contribution in [0, 0.1) is 5.92 Å². The van der Waals surface area contributed by atoms with Gasteiger partial charge in [-0.25, -0.2) is 4.98 Å². The van der Waals surface area contributed by atoms with Crippen molar-refractivity contribution in [1.82, 2.24) is 19.4 Å². The number of anilines is 2. The van der Waals surface area contributed by atoms with Gasteiger partial charge in [-0.15, -0.1) is 0 Å². The van der Waals surface area contributed by atoms with Crippen molar-refractivity contribution in [2.24, 2.45) is 5.92 Å². The molecule has 2 aromatic heterocycles. The predicted molar refractivity (Wildman–Crippen MR) is 132 cm³/mol. The smallest absolute Gasteiger partial charge is 0.308 e. The van der Waals surface area contributed by atoms with E-state index in [-0.39, 0.29) is 5.91 Å². The number of hydrogen-bond acceptors (Lipinski definition) is 6. The number of benzene rings is 1. The second-order valence-electron chi connectivity index (χ2n) is 8.72. The molecule has 1 aromatic carbocycles. The van der Waals surface area contributed by atoms with Gasteiger partial charge in [-0.2, -0.15) is 4.98 Å². The molecule has 1 saturated heterocycles. The fraction of sp³-hybridized carbons (Fsp3) is 0.440. The Morgan fingerprint density at radius 1 is 1.24 bits per heavy atom. The number of nitrogens with zero attached hydrogens (tertiary/aromatic N) is 4. The maximum absolute atomic E-state index is 12.6. The van der Waals surface area contributed by atoms with E-state index < -0.39 is 11.9 Å². The number of carboxylic acids is 1. The fourth-order valence-corrected chi connectivity index (χ4v) is 4.33. The molecule has 1 aliphatic rings. The largest absolute Gasteiger partial charge is 0.481 e. The van der Waals surface area contributed by atoms with E-state index >= 15 is 0 Å². The van der Waals surface area contributed by atoms with Crippen LogP contribution in [0.2, 0.25) is 0 Å². The first-order valence-corrected chi connectivity index (χ1v) is 11.9. The number of amides is 1. The Bertz CT molecular complexity index is 1170. The summed E-state index contributed by atoms with van der Waals surface area (Å²) >= 11 is 0. The first-order chi connectivity index (χ1) is 16.5. The van der Waals surface area contributed by atoms with Gasteiger partial charge in [-0.1, -0.05) is 6.92 Å². The van der Waals surface area contributed by atoms with Gasteiger partial charge in [0.2, 0.25) is 11.9 Å². The Morgan fingerprint density at radius 3 is 2.85 bits per heavy atom. The van der Waals surface area contributed by atoms with Crippen molar-refractivity contribution < 1.29 is 14.7 Å². The lowest BCUT2D eigenvalue weighted by atomic mass is 9.98. The number of nitrogens with one attached hydrogen (secondary N) is 2. The van der Waals surface area contributed by atoms with Gasteiger partial charge in [-0.3, -0.25) is 9.59 Å². The van der Waals surface area contributed by atoms with Gasteiger partial charge in [-0.05, 0) is 55.5 Å². The molecule has 1 fully saturated rings. The van der Waals surface area contributed by atoms with Crippen LogP contribution in [-0.2, 0) is 16.0 Å². The van der Waals surface area contributed by atoms with E-state index in [1.165, 1.54) is 0 Å². The molecule has 0 aliphatic carbocycles. The highest BCUT2D eigenvalue weighted by molar-refractivity contribution is 5.91. The number of carbonyl (C=O) groups excluding carboxylic acids is 1. The van der Waals surface area contributed by atoms with E-state index in [0.29, 0.717) is 38.3 Å². The van der Waals surface area contributed by atoms with Crippen LogP contribution < -0.4 is 10.6 Å². The summed E-state index contributed by atoms with van der Waals surface area (Å²) in [5.74, 6) is 0.143. The molecular formula is C25H32N6O3. The third kappa shape index (κ3) is 5.30. The van der Waals surface area contributed by atoms with Crippen molar-refractivity contribution in [2.75, 3.05) is 37.3 Å². The molecule has 3 aromatic rings. The van der Waals surface area contributed by atoms with Crippen LogP contribution in [0.15, 0.2) is 36.7 Å². The zero-order valence-corrected chi connectivity index (χ0v) is 19.8. The maximum Gasteiger partial charge on any atom is 0.308 e. The number of carbonyl (C=O) groups is 2. The van der Waals surface area contributed by atoms with E-state index in [4.69, 9.17) is 0 Å². The van der Waals surface area contributed by atoms with Crippen LogP contribution in [0.3, 0.4) is 0 Å². The number of aliphatic carboxylic acids is 1. The molecule has 1 aliphatic heterocycles. The Kier molecular flexibility index (Phi) is 7.30. The Labute approximate surface area is 199 Å². The van der Waals surface area contributed by atoms with Crippen molar-refractivity contribution in [3.05, 3.63) is 42.2 Å². The molecule has 1 unspecified atom stereocenters. The summed E-state index contributed by atoms with van der Waals surface area (Å²) in [6.07, 6.45) is 7.40. The molecule has 0 radical (unpaired) electrons. The molecule has 1 amide bonds. The molecule has 9 heteroatoms. The summed E-state index contributed by atoms with van der Waals surface area (Å²) in [6, 6.07) is 8.11. The minimum Gasteiger partial charge on any atom is -0.481 e. The standard InChI is InChI=1S/C25H32N6O3/c1-3-11-27-23-20-8-7-19(14-21(20)28-25(26-2)29-23)30-13-10-17(15-30)6-9-22(32)31-12-4-5-18(16-31)24(33)34/h7-8,10,13-15,18H,3-6,9,11-12,16H2,1-2H3,(H,33,34)(H2,26,27,28,29). The molecule has 180 valence electrons. The van der Waals surface area contributed by atoms with Crippen LogP contribution >= 0.6 is 0 Å². The van der Waals surface area contributed by atoms with Gasteiger partial charge in [0, 0.05) is 56.6 Å². The Balaban J connectivity index is 1.45. The number of aromatic nitrogens is 3. The SMILES string of the molecule is CCCNc1nc(NC)nc2cc(-n3ccc(CCC(=O)N4CCCC(C(=O)O)C4)c3)ccc12. The molecule has 0 saturated carbocycles. The summed E-state index contributed by atoms with van der Waals surface area (Å²) in [7, 11) is 1.81. The minimum atomic E-state index is -0.815. The summed E-state index contributed by atoms with van der Waals surface area (Å²) in [4.78, 5) is 34.8. The second-order valence-corrected chi connectivity index (χ2v) is 8.72. The maximum atomic E-state index is 12.6. The Hall–Kier alpha value is -3.62. The second kappa shape index (κ2) is 10.5. The van der Waals surface area contributed by atoms with Crippen molar-refractivity contribution >= 4 is 34.5 Å². The number of rotatable bonds is 9. The van der Waals surface area contributed by atoms with Crippen LogP contribution in [-0.4, -0.2) is 63.1 Å². The topological polar surface area (TPSA) is 112 Å². The highest BCUT2D eigenvalue weighted by Gasteiger charge is 2.27. The minimum absolute atomic E-state index is 0.0211. The average molecular weight is 465 g/mol. The number of carboxylic acid groups (broad SMARTS) is 1. The molecule has 4 rings (SSSR count). The van der Waals surface area contributed by atoms with Gasteiger partial charge in [0.1, 0.15) is 5.82 Å². The monoisotopic (exact) mass is 464 g/mol. The molecular weight excluding hydrogens is 432 g/mol. The zero-order chi connectivity index (χ0) is 24.1. The van der Waals surface area contributed by atoms with Gasteiger partial charge >= 0.3 is 5.97 Å². The quantitative estimate of drug-likeness (QED) is 0.444. The average Bonchev–Trinajstić information content (AvgIpc) is 3.34. The van der Waals surface area contributed by atoms with Crippen molar-refractivity contribution in [1.29, 1.82) is 0 Å². The van der Waals surface area contributed by atoms with E-state index in [2.05, 4.69) is 27.5 Å². The molecule has 9 nitrogen and oxygen atoms in total. The molecule has 34 heavy (non-hydrogen) atoms. The van der Waals surface area contributed by atoms with E-state index in [0.717, 1.165) is 47.4 Å². The van der Waals surface area contributed by atoms with E-state index in [1.807, 2.05) is 41.2 Å². The van der Waals surface area contributed by atoms with Crippen LogP contribution in [0.4, 0.5) is 11.8 Å². The summed E-state index contributed by atoms with van der Waals surface area (Å²) < 4.78 is 2.03. The van der Waals surface area contributed by atoms with Crippen molar-refractivity contribution in [3.8, 4) is 5.69 Å². The van der Waals surface area contributed by atoms with Crippen LogP contribution in [0.25, 0.3) is 16.6 Å². The number of likely N-dealkylation sites (tertiary alicyclic amines) is 1. The highest BCUT2D eigenvalue weighted by Crippen LogP contribution is 2.25. The van der Waals surface area contributed by atoms with Gasteiger partial charge in [0.25, 0.3) is 0 Å². The lowest BCUT2D eigenvalue weighted by Gasteiger charge is -2.30. The number of piperidine rings is 1. The van der Waals surface area contributed by atoms with Gasteiger partial charge in [0.15, 0.2) is 0 Å². The van der Waals surface area contributed by atoms with E-state index in [1.54, 1.807) is 11.9 Å². The van der Waals surface area contributed by atoms with Crippen LogP contribution in [0.5, 0.6) is 0 Å². The number of aryl methyl sites for hydroxylation is 1. The Morgan fingerprint density at radius 2 is 2.09 bits per heavy atom. The first-order valence-electron chi connectivity index (χ1n) is 11.9. The normalized spacial score (nSPS) is 15.9. The third-order valence-electron chi connectivity index (χ3n) is 6.25. The lowest BCUT2D eigenvalue weighted by molar-refractivity contribution is -0.145. The van der Waals surface area contributed by atoms with Gasteiger partial charge < -0.3 is 25.2 Å². The molecule has 0 bridgehead atoms. The molecule has 0 spiro atoms.